The average molecular weight is 318 g/mol. The van der Waals surface area contributed by atoms with E-state index in [1.54, 1.807) is 12.1 Å². The van der Waals surface area contributed by atoms with E-state index >= 15 is 0 Å². The maximum Gasteiger partial charge on any atom is 0.270 e. The summed E-state index contributed by atoms with van der Waals surface area (Å²) < 4.78 is 11.0. The minimum Gasteiger partial charge on any atom is -0.467 e. The van der Waals surface area contributed by atoms with Gasteiger partial charge in [0.2, 0.25) is 0 Å². The van der Waals surface area contributed by atoms with E-state index in [1.165, 1.54) is 25.7 Å². The number of fused-ring (bicyclic) bond motifs is 1. The van der Waals surface area contributed by atoms with Crippen molar-refractivity contribution in [3.8, 4) is 5.75 Å². The van der Waals surface area contributed by atoms with Crippen molar-refractivity contribution in [1.82, 2.24) is 4.90 Å². The van der Waals surface area contributed by atoms with Gasteiger partial charge in [0.1, 0.15) is 5.75 Å². The van der Waals surface area contributed by atoms with E-state index < -0.39 is 0 Å². The van der Waals surface area contributed by atoms with Crippen molar-refractivity contribution < 1.29 is 14.4 Å². The molecule has 1 aromatic rings. The van der Waals surface area contributed by atoms with Crippen molar-refractivity contribution >= 4 is 5.69 Å². The van der Waals surface area contributed by atoms with Crippen LogP contribution in [0.25, 0.3) is 0 Å². The number of nitrogens with zero attached hydrogens (tertiary/aromatic N) is 2. The van der Waals surface area contributed by atoms with Gasteiger partial charge in [-0.2, -0.15) is 0 Å². The van der Waals surface area contributed by atoms with Crippen LogP contribution in [0.5, 0.6) is 5.75 Å². The summed E-state index contributed by atoms with van der Waals surface area (Å²) >= 11 is 0. The quantitative estimate of drug-likeness (QED) is 0.595. The second-order valence-electron chi connectivity index (χ2n) is 6.94. The molecular weight excluding hydrogens is 296 g/mol. The first-order valence-corrected chi connectivity index (χ1v) is 8.40. The molecule has 0 N–H and O–H groups in total. The maximum absolute atomic E-state index is 11.2. The third-order valence-electron chi connectivity index (χ3n) is 5.18. The average Bonchev–Trinajstić information content (AvgIpc) is 3.43. The van der Waals surface area contributed by atoms with E-state index in [2.05, 4.69) is 11.8 Å². The molecule has 6 heteroatoms. The third-order valence-corrected chi connectivity index (χ3v) is 5.18. The Kier molecular flexibility index (Phi) is 3.73. The van der Waals surface area contributed by atoms with Crippen molar-refractivity contribution in [3.05, 3.63) is 33.4 Å². The summed E-state index contributed by atoms with van der Waals surface area (Å²) in [6.07, 6.45) is 5.08. The fourth-order valence-corrected chi connectivity index (χ4v) is 3.56. The zero-order valence-corrected chi connectivity index (χ0v) is 13.4. The van der Waals surface area contributed by atoms with Crippen molar-refractivity contribution in [2.45, 2.75) is 57.8 Å². The number of rotatable bonds is 6. The van der Waals surface area contributed by atoms with Crippen LogP contribution in [0, 0.1) is 16.0 Å². The van der Waals surface area contributed by atoms with Gasteiger partial charge in [-0.3, -0.25) is 15.0 Å². The lowest BCUT2D eigenvalue weighted by Gasteiger charge is -2.31. The number of non-ortho nitro benzene ring substituents is 1. The van der Waals surface area contributed by atoms with E-state index in [4.69, 9.17) is 9.47 Å². The zero-order valence-electron chi connectivity index (χ0n) is 13.4. The molecule has 1 aliphatic heterocycles. The number of benzene rings is 1. The van der Waals surface area contributed by atoms with Gasteiger partial charge in [0.05, 0.1) is 11.5 Å². The van der Waals surface area contributed by atoms with Gasteiger partial charge in [0.15, 0.2) is 6.79 Å². The molecule has 4 rings (SSSR count). The Bertz CT molecular complexity index is 625. The smallest absolute Gasteiger partial charge is 0.270 e. The number of ether oxygens (including phenoxy) is 2. The predicted octanol–water partition coefficient (Wildman–Crippen LogP) is 3.22. The summed E-state index contributed by atoms with van der Waals surface area (Å²) in [7, 11) is 0. The minimum atomic E-state index is -0.329. The van der Waals surface area contributed by atoms with Crippen LogP contribution in [0.4, 0.5) is 5.69 Å². The zero-order chi connectivity index (χ0) is 16.0. The first-order chi connectivity index (χ1) is 11.1. The molecule has 1 aromatic carbocycles. The number of nitro groups is 1. The van der Waals surface area contributed by atoms with Crippen LogP contribution >= 0.6 is 0 Å². The van der Waals surface area contributed by atoms with Gasteiger partial charge < -0.3 is 9.47 Å². The van der Waals surface area contributed by atoms with E-state index in [9.17, 15) is 10.1 Å². The van der Waals surface area contributed by atoms with Crippen LogP contribution in [0.1, 0.15) is 43.7 Å². The second kappa shape index (κ2) is 5.76. The Hall–Kier alpha value is -1.66. The number of nitro benzene ring substituents is 1. The SMILES string of the molecule is CC(C1CC1)N(Cc1cc([N+](=O)[O-])cc2c1OCOC2)C1CC1. The molecule has 2 fully saturated rings. The van der Waals surface area contributed by atoms with Gasteiger partial charge in [-0.05, 0) is 38.5 Å². The highest BCUT2D eigenvalue weighted by Gasteiger charge is 2.39. The lowest BCUT2D eigenvalue weighted by atomic mass is 10.0. The summed E-state index contributed by atoms with van der Waals surface area (Å²) in [5.74, 6) is 1.57. The van der Waals surface area contributed by atoms with Crippen LogP contribution < -0.4 is 4.74 Å². The molecule has 23 heavy (non-hydrogen) atoms. The fourth-order valence-electron chi connectivity index (χ4n) is 3.56. The van der Waals surface area contributed by atoms with Crippen LogP contribution in [-0.4, -0.2) is 28.7 Å². The van der Waals surface area contributed by atoms with Gasteiger partial charge >= 0.3 is 0 Å². The molecule has 1 atom stereocenters. The van der Waals surface area contributed by atoms with Crippen molar-refractivity contribution in [2.75, 3.05) is 6.79 Å². The lowest BCUT2D eigenvalue weighted by molar-refractivity contribution is -0.385. The molecular formula is C17H22N2O4. The lowest BCUT2D eigenvalue weighted by Crippen LogP contribution is -2.36. The number of hydrogen-bond donors (Lipinski definition) is 0. The predicted molar refractivity (Wildman–Crippen MR) is 84.1 cm³/mol. The third kappa shape index (κ3) is 3.05. The largest absolute Gasteiger partial charge is 0.467 e. The first-order valence-electron chi connectivity index (χ1n) is 8.40. The fraction of sp³-hybridized carbons (Fsp3) is 0.647. The summed E-state index contributed by atoms with van der Waals surface area (Å²) in [6, 6.07) is 4.42. The van der Waals surface area contributed by atoms with Gasteiger partial charge in [0.25, 0.3) is 5.69 Å². The van der Waals surface area contributed by atoms with Crippen molar-refractivity contribution in [2.24, 2.45) is 5.92 Å². The van der Waals surface area contributed by atoms with Gasteiger partial charge in [0, 0.05) is 41.9 Å². The Morgan fingerprint density at radius 3 is 2.78 bits per heavy atom. The molecule has 1 unspecified atom stereocenters. The Morgan fingerprint density at radius 2 is 2.13 bits per heavy atom. The summed E-state index contributed by atoms with van der Waals surface area (Å²) in [5.41, 5.74) is 1.84. The van der Waals surface area contributed by atoms with Gasteiger partial charge in [-0.1, -0.05) is 0 Å². The minimum absolute atomic E-state index is 0.127. The monoisotopic (exact) mass is 318 g/mol. The highest BCUT2D eigenvalue weighted by molar-refractivity contribution is 5.50. The molecule has 3 aliphatic rings. The van der Waals surface area contributed by atoms with Crippen LogP contribution in [0.15, 0.2) is 12.1 Å². The van der Waals surface area contributed by atoms with E-state index in [0.717, 1.165) is 29.3 Å². The molecule has 124 valence electrons. The molecule has 0 amide bonds. The molecule has 0 radical (unpaired) electrons. The molecule has 6 nitrogen and oxygen atoms in total. The Morgan fingerprint density at radius 1 is 1.35 bits per heavy atom. The van der Waals surface area contributed by atoms with Crippen molar-refractivity contribution in [1.29, 1.82) is 0 Å². The molecule has 2 saturated carbocycles. The van der Waals surface area contributed by atoms with Gasteiger partial charge in [-0.25, -0.2) is 0 Å². The normalized spacial score (nSPS) is 21.7. The first kappa shape index (κ1) is 14.9. The topological polar surface area (TPSA) is 64.8 Å². The summed E-state index contributed by atoms with van der Waals surface area (Å²) in [5, 5.41) is 11.2. The van der Waals surface area contributed by atoms with Gasteiger partial charge in [-0.15, -0.1) is 0 Å². The highest BCUT2D eigenvalue weighted by Crippen LogP contribution is 2.42. The molecule has 0 aromatic heterocycles. The molecule has 0 saturated heterocycles. The summed E-state index contributed by atoms with van der Waals surface area (Å²) in [4.78, 5) is 13.4. The van der Waals surface area contributed by atoms with Crippen LogP contribution in [-0.2, 0) is 17.9 Å². The van der Waals surface area contributed by atoms with E-state index in [-0.39, 0.29) is 17.4 Å². The van der Waals surface area contributed by atoms with E-state index in [1.807, 2.05) is 0 Å². The van der Waals surface area contributed by atoms with E-state index in [0.29, 0.717) is 18.7 Å². The summed E-state index contributed by atoms with van der Waals surface area (Å²) in [6.45, 7) is 3.63. The standard InChI is InChI=1S/C17H22N2O4/c1-11(12-2-3-12)18(15-4-5-15)8-13-6-16(19(20)21)7-14-9-22-10-23-17(13)14/h6-7,11-12,15H,2-5,8-10H2,1H3. The maximum atomic E-state index is 11.2. The Balaban J connectivity index is 1.65. The Labute approximate surface area is 135 Å². The number of hydrogen-bond acceptors (Lipinski definition) is 5. The van der Waals surface area contributed by atoms with Crippen molar-refractivity contribution in [3.63, 3.8) is 0 Å². The second-order valence-corrected chi connectivity index (χ2v) is 6.94. The molecule has 1 heterocycles. The van der Waals surface area contributed by atoms with Crippen LogP contribution in [0.3, 0.4) is 0 Å². The van der Waals surface area contributed by atoms with Crippen LogP contribution in [0.2, 0.25) is 0 Å². The molecule has 0 bridgehead atoms. The molecule has 0 spiro atoms. The highest BCUT2D eigenvalue weighted by atomic mass is 16.7. The molecule has 2 aliphatic carbocycles.